The van der Waals surface area contributed by atoms with Crippen molar-refractivity contribution in [2.75, 3.05) is 5.32 Å². The molecule has 0 aromatic carbocycles. The second-order valence-electron chi connectivity index (χ2n) is 1.79. The van der Waals surface area contributed by atoms with Gasteiger partial charge in [0.1, 0.15) is 6.33 Å². The van der Waals surface area contributed by atoms with Crippen LogP contribution in [0.25, 0.3) is 0 Å². The predicted octanol–water partition coefficient (Wildman–Crippen LogP) is -0.434. The number of nitrogens with zero attached hydrogens (tertiary/aromatic N) is 4. The Bertz CT molecular complexity index is 309. The molecule has 0 unspecified atom stereocenters. The number of hydrogen-bond acceptors (Lipinski definition) is 4. The first-order valence-electron chi connectivity index (χ1n) is 2.81. The number of amides is 1. The van der Waals surface area contributed by atoms with Gasteiger partial charge in [-0.2, -0.15) is 14.9 Å². The van der Waals surface area contributed by atoms with Gasteiger partial charge in [0.25, 0.3) is 0 Å². The van der Waals surface area contributed by atoms with Crippen molar-refractivity contribution in [3.8, 4) is 6.19 Å². The van der Waals surface area contributed by atoms with Gasteiger partial charge in [-0.15, -0.1) is 5.10 Å². The molecule has 6 heteroatoms. The van der Waals surface area contributed by atoms with Crippen LogP contribution in [0.2, 0.25) is 0 Å². The number of anilines is 1. The first-order chi connectivity index (χ1) is 5.22. The molecular weight excluding hydrogens is 146 g/mol. The lowest BCUT2D eigenvalue weighted by Gasteiger charge is -1.89. The molecule has 1 aromatic heterocycles. The molecule has 1 aromatic rings. The van der Waals surface area contributed by atoms with Crippen molar-refractivity contribution in [3.05, 3.63) is 6.33 Å². The van der Waals surface area contributed by atoms with Gasteiger partial charge >= 0.3 is 0 Å². The zero-order valence-electron chi connectivity index (χ0n) is 5.77. The third kappa shape index (κ3) is 1.76. The van der Waals surface area contributed by atoms with E-state index in [1.807, 2.05) is 0 Å². The van der Waals surface area contributed by atoms with Crippen molar-refractivity contribution in [1.29, 1.82) is 5.26 Å². The van der Waals surface area contributed by atoms with Gasteiger partial charge in [-0.3, -0.25) is 10.1 Å². The Kier molecular flexibility index (Phi) is 1.83. The molecule has 1 rings (SSSR count). The Balaban J connectivity index is 2.75. The van der Waals surface area contributed by atoms with E-state index >= 15 is 0 Å². The molecule has 56 valence electrons. The summed E-state index contributed by atoms with van der Waals surface area (Å²) >= 11 is 0. The molecule has 0 spiro atoms. The van der Waals surface area contributed by atoms with Crippen LogP contribution >= 0.6 is 0 Å². The molecule has 6 nitrogen and oxygen atoms in total. The highest BCUT2D eigenvalue weighted by atomic mass is 16.1. The van der Waals surface area contributed by atoms with Crippen LogP contribution in [0.15, 0.2) is 6.33 Å². The van der Waals surface area contributed by atoms with Crippen LogP contribution in [0.5, 0.6) is 0 Å². The lowest BCUT2D eigenvalue weighted by molar-refractivity contribution is -0.114. The minimum Gasteiger partial charge on any atom is -0.293 e. The number of hydrogen-bond donors (Lipinski definition) is 1. The molecule has 1 N–H and O–H groups in total. The summed E-state index contributed by atoms with van der Waals surface area (Å²) in [5.74, 6) is -0.125. The van der Waals surface area contributed by atoms with Crippen LogP contribution in [-0.4, -0.2) is 20.7 Å². The van der Waals surface area contributed by atoms with Gasteiger partial charge in [-0.25, -0.2) is 0 Å². The number of aromatic nitrogens is 3. The Morgan fingerprint density at radius 3 is 3.09 bits per heavy atom. The van der Waals surface area contributed by atoms with Crippen LogP contribution in [0.1, 0.15) is 6.92 Å². The summed E-state index contributed by atoms with van der Waals surface area (Å²) in [7, 11) is 0. The van der Waals surface area contributed by atoms with Crippen LogP contribution in [-0.2, 0) is 4.79 Å². The molecule has 0 fully saturated rings. The van der Waals surface area contributed by atoms with Crippen LogP contribution in [0, 0.1) is 11.5 Å². The van der Waals surface area contributed by atoms with Gasteiger partial charge in [-0.05, 0) is 0 Å². The van der Waals surface area contributed by atoms with Gasteiger partial charge in [-0.1, -0.05) is 0 Å². The Labute approximate surface area is 62.5 Å². The molecule has 1 amide bonds. The third-order valence-electron chi connectivity index (χ3n) is 0.882. The number of nitriles is 1. The molecule has 0 atom stereocenters. The lowest BCUT2D eigenvalue weighted by Crippen LogP contribution is -2.07. The van der Waals surface area contributed by atoms with E-state index in [0.717, 1.165) is 4.68 Å². The number of nitrogens with one attached hydrogen (secondary N) is 1. The van der Waals surface area contributed by atoms with E-state index in [-0.39, 0.29) is 11.9 Å². The first kappa shape index (κ1) is 7.21. The SMILES string of the molecule is CC(=O)Nc1ncn(C#N)n1. The molecule has 0 bridgehead atoms. The van der Waals surface area contributed by atoms with Crippen molar-refractivity contribution in [3.63, 3.8) is 0 Å². The zero-order chi connectivity index (χ0) is 8.27. The second kappa shape index (κ2) is 2.79. The van der Waals surface area contributed by atoms with E-state index in [0.29, 0.717) is 0 Å². The highest BCUT2D eigenvalue weighted by Crippen LogP contribution is 1.93. The fourth-order valence-electron chi connectivity index (χ4n) is 0.526. The maximum Gasteiger partial charge on any atom is 0.249 e. The summed E-state index contributed by atoms with van der Waals surface area (Å²) in [6, 6.07) is 0. The quantitative estimate of drug-likeness (QED) is 0.590. The smallest absolute Gasteiger partial charge is 0.249 e. The molecule has 0 aliphatic rings. The molecule has 0 saturated heterocycles. The van der Waals surface area contributed by atoms with Crippen molar-refractivity contribution in [1.82, 2.24) is 14.8 Å². The monoisotopic (exact) mass is 151 g/mol. The standard InChI is InChI=1S/C5H5N5O/c1-4(11)8-5-7-3-10(2-6)9-5/h3H,1H3,(H,8,9,11). The largest absolute Gasteiger partial charge is 0.293 e. The van der Waals surface area contributed by atoms with E-state index in [2.05, 4.69) is 15.4 Å². The summed E-state index contributed by atoms with van der Waals surface area (Å²) in [6.45, 7) is 1.34. The third-order valence-corrected chi connectivity index (χ3v) is 0.882. The minimum absolute atomic E-state index is 0.138. The molecular formula is C5H5N5O. The van der Waals surface area contributed by atoms with Crippen molar-refractivity contribution in [2.45, 2.75) is 6.92 Å². The first-order valence-corrected chi connectivity index (χ1v) is 2.81. The average Bonchev–Trinajstić information content (AvgIpc) is 2.34. The molecule has 0 aliphatic heterocycles. The van der Waals surface area contributed by atoms with Crippen molar-refractivity contribution >= 4 is 11.9 Å². The van der Waals surface area contributed by atoms with Crippen molar-refractivity contribution < 1.29 is 4.79 Å². The van der Waals surface area contributed by atoms with E-state index in [9.17, 15) is 4.79 Å². The van der Waals surface area contributed by atoms with Crippen LogP contribution < -0.4 is 5.32 Å². The fourth-order valence-corrected chi connectivity index (χ4v) is 0.526. The summed E-state index contributed by atoms with van der Waals surface area (Å²) in [6.07, 6.45) is 2.93. The summed E-state index contributed by atoms with van der Waals surface area (Å²) in [4.78, 5) is 14.1. The molecule has 0 saturated carbocycles. The van der Waals surface area contributed by atoms with Gasteiger partial charge in [0.15, 0.2) is 0 Å². The molecule has 1 heterocycles. The average molecular weight is 151 g/mol. The van der Waals surface area contributed by atoms with E-state index in [4.69, 9.17) is 5.26 Å². The summed E-state index contributed by atoms with van der Waals surface area (Å²) < 4.78 is 0.950. The van der Waals surface area contributed by atoms with Crippen molar-refractivity contribution in [2.24, 2.45) is 0 Å². The summed E-state index contributed by atoms with van der Waals surface area (Å²) in [5.41, 5.74) is 0. The fraction of sp³-hybridized carbons (Fsp3) is 0.200. The van der Waals surface area contributed by atoms with E-state index in [1.54, 1.807) is 6.19 Å². The highest BCUT2D eigenvalue weighted by Gasteiger charge is 1.99. The maximum atomic E-state index is 10.4. The number of carbonyl (C=O) groups is 1. The zero-order valence-corrected chi connectivity index (χ0v) is 5.77. The predicted molar refractivity (Wildman–Crippen MR) is 35.3 cm³/mol. The molecule has 0 radical (unpaired) electrons. The number of carbonyl (C=O) groups excluding carboxylic acids is 1. The van der Waals surface area contributed by atoms with Crippen LogP contribution in [0.4, 0.5) is 5.95 Å². The second-order valence-corrected chi connectivity index (χ2v) is 1.79. The van der Waals surface area contributed by atoms with Crippen LogP contribution in [0.3, 0.4) is 0 Å². The Morgan fingerprint density at radius 1 is 1.91 bits per heavy atom. The molecule has 0 aliphatic carbocycles. The lowest BCUT2D eigenvalue weighted by atomic mass is 10.7. The molecule has 11 heavy (non-hydrogen) atoms. The van der Waals surface area contributed by atoms with E-state index in [1.165, 1.54) is 13.3 Å². The van der Waals surface area contributed by atoms with E-state index < -0.39 is 0 Å². The topological polar surface area (TPSA) is 83.6 Å². The highest BCUT2D eigenvalue weighted by molar-refractivity contribution is 5.86. The van der Waals surface area contributed by atoms with Gasteiger partial charge in [0, 0.05) is 6.92 Å². The van der Waals surface area contributed by atoms with Gasteiger partial charge in [0.05, 0.1) is 0 Å². The van der Waals surface area contributed by atoms with Gasteiger partial charge < -0.3 is 0 Å². The normalized spacial score (nSPS) is 8.73. The Morgan fingerprint density at radius 2 is 2.64 bits per heavy atom. The maximum absolute atomic E-state index is 10.4. The minimum atomic E-state index is -0.263. The number of rotatable bonds is 1. The van der Waals surface area contributed by atoms with Gasteiger partial charge in [0.2, 0.25) is 18.0 Å². The summed E-state index contributed by atoms with van der Waals surface area (Å²) in [5, 5.41) is 14.2. The Hall–Kier alpha value is -1.90.